The summed E-state index contributed by atoms with van der Waals surface area (Å²) in [5.41, 5.74) is 4.34. The predicted octanol–water partition coefficient (Wildman–Crippen LogP) is 4.33. The average Bonchev–Trinajstić information content (AvgIpc) is 3.17. The van der Waals surface area contributed by atoms with Crippen LogP contribution < -0.4 is 14.2 Å². The molecule has 4 heteroatoms. The fourth-order valence-electron chi connectivity index (χ4n) is 4.86. The molecule has 2 atom stereocenters. The first kappa shape index (κ1) is 16.9. The standard InChI is InChI=1S/C23H27NO3/c1-24(11-9-16-5-8-20-22(13-16)27-15-26-20)14-18-7-6-17-10-12-25-21-4-2-3-19(18)23(17)21/h2-5,8,13,17-18H,6-7,9-12,14-15H2,1H3/t17-,18+/m1/s1. The van der Waals surface area contributed by atoms with Gasteiger partial charge in [-0.25, -0.2) is 0 Å². The average molecular weight is 365 g/mol. The highest BCUT2D eigenvalue weighted by molar-refractivity contribution is 5.47. The monoisotopic (exact) mass is 365 g/mol. The van der Waals surface area contributed by atoms with E-state index < -0.39 is 0 Å². The van der Waals surface area contributed by atoms with Gasteiger partial charge in [-0.15, -0.1) is 0 Å². The molecule has 0 bridgehead atoms. The van der Waals surface area contributed by atoms with Crippen LogP contribution >= 0.6 is 0 Å². The molecule has 4 nitrogen and oxygen atoms in total. The van der Waals surface area contributed by atoms with Crippen molar-refractivity contribution in [3.63, 3.8) is 0 Å². The van der Waals surface area contributed by atoms with Crippen molar-refractivity contribution in [2.75, 3.05) is 33.5 Å². The minimum Gasteiger partial charge on any atom is -0.493 e. The van der Waals surface area contributed by atoms with Crippen molar-refractivity contribution in [3.8, 4) is 17.2 Å². The van der Waals surface area contributed by atoms with E-state index in [-0.39, 0.29) is 0 Å². The third kappa shape index (κ3) is 3.27. The Morgan fingerprint density at radius 1 is 0.963 bits per heavy atom. The van der Waals surface area contributed by atoms with Gasteiger partial charge in [0.15, 0.2) is 11.5 Å². The van der Waals surface area contributed by atoms with E-state index >= 15 is 0 Å². The van der Waals surface area contributed by atoms with Gasteiger partial charge in [0.1, 0.15) is 5.75 Å². The van der Waals surface area contributed by atoms with E-state index in [2.05, 4.69) is 42.3 Å². The van der Waals surface area contributed by atoms with Gasteiger partial charge in [-0.3, -0.25) is 0 Å². The van der Waals surface area contributed by atoms with Crippen molar-refractivity contribution >= 4 is 0 Å². The summed E-state index contributed by atoms with van der Waals surface area (Å²) in [4.78, 5) is 2.47. The number of nitrogens with zero attached hydrogens (tertiary/aromatic N) is 1. The fraction of sp³-hybridized carbons (Fsp3) is 0.478. The van der Waals surface area contributed by atoms with Crippen molar-refractivity contribution in [2.24, 2.45) is 0 Å². The third-order valence-corrected chi connectivity index (χ3v) is 6.29. The van der Waals surface area contributed by atoms with Gasteiger partial charge in [0, 0.05) is 18.7 Å². The second-order valence-electron chi connectivity index (χ2n) is 8.07. The number of likely N-dealkylation sites (N-methyl/N-ethyl adjacent to an activating group) is 1. The SMILES string of the molecule is CN(CCc1ccc2c(c1)OCO2)C[C@@H]1CC[C@@H]2CCOc3cccc1c32. The van der Waals surface area contributed by atoms with Gasteiger partial charge in [-0.05, 0) is 73.9 Å². The van der Waals surface area contributed by atoms with E-state index in [1.54, 1.807) is 0 Å². The summed E-state index contributed by atoms with van der Waals surface area (Å²) in [5, 5.41) is 0. The lowest BCUT2D eigenvalue weighted by molar-refractivity contribution is 0.174. The molecule has 2 aromatic rings. The van der Waals surface area contributed by atoms with E-state index in [4.69, 9.17) is 14.2 Å². The van der Waals surface area contributed by atoms with E-state index in [0.29, 0.717) is 18.6 Å². The predicted molar refractivity (Wildman–Crippen MR) is 105 cm³/mol. The number of rotatable bonds is 5. The van der Waals surface area contributed by atoms with E-state index in [1.165, 1.54) is 36.0 Å². The van der Waals surface area contributed by atoms with Crippen molar-refractivity contribution in [2.45, 2.75) is 37.5 Å². The van der Waals surface area contributed by atoms with Gasteiger partial charge >= 0.3 is 0 Å². The molecule has 0 aromatic heterocycles. The number of benzene rings is 2. The van der Waals surface area contributed by atoms with Crippen LogP contribution in [0, 0.1) is 0 Å². The Labute approximate surface area is 161 Å². The second kappa shape index (κ2) is 7.08. The normalized spacial score (nSPS) is 22.4. The van der Waals surface area contributed by atoms with Gasteiger partial charge in [0.25, 0.3) is 0 Å². The number of hydrogen-bond acceptors (Lipinski definition) is 4. The summed E-state index contributed by atoms with van der Waals surface area (Å²) in [5.74, 6) is 4.19. The lowest BCUT2D eigenvalue weighted by Crippen LogP contribution is -2.30. The molecular formula is C23H27NO3. The summed E-state index contributed by atoms with van der Waals surface area (Å²) in [6.07, 6.45) is 4.79. The summed E-state index contributed by atoms with van der Waals surface area (Å²) in [6, 6.07) is 12.9. The Morgan fingerprint density at radius 3 is 2.85 bits per heavy atom. The summed E-state index contributed by atoms with van der Waals surface area (Å²) in [6.45, 7) is 3.37. The van der Waals surface area contributed by atoms with Crippen molar-refractivity contribution < 1.29 is 14.2 Å². The highest BCUT2D eigenvalue weighted by atomic mass is 16.7. The molecule has 2 aromatic carbocycles. The fourth-order valence-corrected chi connectivity index (χ4v) is 4.86. The minimum absolute atomic E-state index is 0.340. The minimum atomic E-state index is 0.340. The molecule has 0 saturated carbocycles. The zero-order valence-electron chi connectivity index (χ0n) is 15.9. The molecule has 1 aliphatic carbocycles. The third-order valence-electron chi connectivity index (χ3n) is 6.29. The van der Waals surface area contributed by atoms with Gasteiger partial charge < -0.3 is 19.1 Å². The summed E-state index contributed by atoms with van der Waals surface area (Å²) < 4.78 is 16.8. The smallest absolute Gasteiger partial charge is 0.231 e. The van der Waals surface area contributed by atoms with Crippen LogP contribution in [0.1, 0.15) is 47.8 Å². The Bertz CT molecular complexity index is 834. The molecule has 2 heterocycles. The maximum atomic E-state index is 5.93. The van der Waals surface area contributed by atoms with Crippen molar-refractivity contribution in [1.29, 1.82) is 0 Å². The second-order valence-corrected chi connectivity index (χ2v) is 8.07. The molecule has 3 aliphatic rings. The number of hydrogen-bond donors (Lipinski definition) is 0. The van der Waals surface area contributed by atoms with Gasteiger partial charge in [-0.1, -0.05) is 18.2 Å². The lowest BCUT2D eigenvalue weighted by Gasteiger charge is -2.37. The maximum Gasteiger partial charge on any atom is 0.231 e. The molecule has 27 heavy (non-hydrogen) atoms. The molecule has 0 spiro atoms. The Hall–Kier alpha value is -2.20. The molecular weight excluding hydrogens is 338 g/mol. The van der Waals surface area contributed by atoms with Crippen LogP contribution in [0.5, 0.6) is 17.2 Å². The molecule has 142 valence electrons. The highest BCUT2D eigenvalue weighted by Crippen LogP contribution is 2.47. The van der Waals surface area contributed by atoms with Crippen LogP contribution in [0.25, 0.3) is 0 Å². The molecule has 0 N–H and O–H groups in total. The van der Waals surface area contributed by atoms with Gasteiger partial charge in [-0.2, -0.15) is 0 Å². The van der Waals surface area contributed by atoms with Gasteiger partial charge in [0.05, 0.1) is 6.61 Å². The Balaban J connectivity index is 1.24. The molecule has 0 radical (unpaired) electrons. The largest absolute Gasteiger partial charge is 0.493 e. The van der Waals surface area contributed by atoms with E-state index in [1.807, 2.05) is 6.07 Å². The number of ether oxygens (including phenoxy) is 3. The zero-order chi connectivity index (χ0) is 18.2. The topological polar surface area (TPSA) is 30.9 Å². The van der Waals surface area contributed by atoms with Gasteiger partial charge in [0.2, 0.25) is 6.79 Å². The first-order chi connectivity index (χ1) is 13.3. The van der Waals surface area contributed by atoms with E-state index in [0.717, 1.165) is 43.4 Å². The molecule has 2 aliphatic heterocycles. The zero-order valence-corrected chi connectivity index (χ0v) is 15.9. The van der Waals surface area contributed by atoms with Crippen LogP contribution in [0.3, 0.4) is 0 Å². The molecule has 0 saturated heterocycles. The highest BCUT2D eigenvalue weighted by Gasteiger charge is 2.32. The molecule has 0 unspecified atom stereocenters. The van der Waals surface area contributed by atoms with E-state index in [9.17, 15) is 0 Å². The van der Waals surface area contributed by atoms with Crippen LogP contribution in [0.4, 0.5) is 0 Å². The lowest BCUT2D eigenvalue weighted by atomic mass is 9.74. The molecule has 0 amide bonds. The summed E-state index contributed by atoms with van der Waals surface area (Å²) >= 11 is 0. The molecule has 0 fully saturated rings. The first-order valence-corrected chi connectivity index (χ1v) is 10.1. The maximum absolute atomic E-state index is 5.93. The van der Waals surface area contributed by atoms with Crippen LogP contribution in [0.2, 0.25) is 0 Å². The number of fused-ring (bicyclic) bond motifs is 1. The van der Waals surface area contributed by atoms with Crippen LogP contribution in [0.15, 0.2) is 36.4 Å². The van der Waals surface area contributed by atoms with Crippen LogP contribution in [-0.4, -0.2) is 38.4 Å². The van der Waals surface area contributed by atoms with Crippen molar-refractivity contribution in [1.82, 2.24) is 4.90 Å². The summed E-state index contributed by atoms with van der Waals surface area (Å²) in [7, 11) is 2.24. The van der Waals surface area contributed by atoms with Crippen molar-refractivity contribution in [3.05, 3.63) is 53.1 Å². The quantitative estimate of drug-likeness (QED) is 0.789. The first-order valence-electron chi connectivity index (χ1n) is 10.1. The Kier molecular flexibility index (Phi) is 4.44. The molecule has 5 rings (SSSR count). The van der Waals surface area contributed by atoms with Crippen LogP contribution in [-0.2, 0) is 6.42 Å². The Morgan fingerprint density at radius 2 is 1.89 bits per heavy atom.